The van der Waals surface area contributed by atoms with Crippen molar-refractivity contribution in [2.45, 2.75) is 26.6 Å². The Morgan fingerprint density at radius 2 is 1.43 bits per heavy atom. The number of amides is 1. The zero-order valence-electron chi connectivity index (χ0n) is 17.4. The van der Waals surface area contributed by atoms with Gasteiger partial charge in [-0.1, -0.05) is 78.9 Å². The van der Waals surface area contributed by atoms with Crippen LogP contribution in [0.4, 0.5) is 5.69 Å². The Hall–Kier alpha value is -3.21. The van der Waals surface area contributed by atoms with E-state index in [4.69, 9.17) is 5.73 Å². The Morgan fingerprint density at radius 1 is 0.867 bits per heavy atom. The van der Waals surface area contributed by atoms with Gasteiger partial charge in [0.2, 0.25) is 5.91 Å². The lowest BCUT2D eigenvalue weighted by atomic mass is 10.1. The van der Waals surface area contributed by atoms with Gasteiger partial charge in [0.1, 0.15) is 0 Å². The van der Waals surface area contributed by atoms with E-state index in [9.17, 15) is 4.79 Å². The predicted octanol–water partition coefficient (Wildman–Crippen LogP) is 4.82. The highest BCUT2D eigenvalue weighted by Crippen LogP contribution is 2.15. The van der Waals surface area contributed by atoms with Crippen LogP contribution in [0, 0.1) is 0 Å². The first-order valence-electron chi connectivity index (χ1n) is 10.2. The number of carbonyl (C=O) groups is 1. The van der Waals surface area contributed by atoms with E-state index in [0.29, 0.717) is 6.54 Å². The van der Waals surface area contributed by atoms with E-state index in [0.717, 1.165) is 30.9 Å². The Morgan fingerprint density at radius 3 is 2.00 bits per heavy atom. The molecule has 0 aromatic heterocycles. The second-order valence-electron chi connectivity index (χ2n) is 7.38. The largest absolute Gasteiger partial charge is 0.326 e. The Bertz CT molecular complexity index is 948. The van der Waals surface area contributed by atoms with Crippen molar-refractivity contribution >= 4 is 17.7 Å². The normalized spacial score (nSPS) is 11.2. The van der Waals surface area contributed by atoms with Crippen molar-refractivity contribution in [1.82, 2.24) is 4.90 Å². The number of hydrogen-bond acceptors (Lipinski definition) is 3. The second kappa shape index (κ2) is 11.1. The summed E-state index contributed by atoms with van der Waals surface area (Å²) in [5.74, 6) is -0.0589. The van der Waals surface area contributed by atoms with Gasteiger partial charge in [-0.05, 0) is 34.4 Å². The highest BCUT2D eigenvalue weighted by Gasteiger charge is 2.07. The summed E-state index contributed by atoms with van der Waals surface area (Å²) in [6.45, 7) is 4.58. The van der Waals surface area contributed by atoms with E-state index >= 15 is 0 Å². The van der Waals surface area contributed by atoms with Crippen LogP contribution < -0.4 is 11.1 Å². The lowest BCUT2D eigenvalue weighted by Crippen LogP contribution is -2.23. The van der Waals surface area contributed by atoms with E-state index in [1.807, 2.05) is 30.3 Å². The standard InChI is InChI=1S/C26H29N3O/c1-21(30)28-26-15-13-25(14-16-26)20-29(17-5-8-22-6-3-2-4-7-22)19-24-11-9-23(18-27)10-12-24/h2-16H,17-20,27H2,1H3,(H,28,30). The number of hydrogen-bond donors (Lipinski definition) is 2. The van der Waals surface area contributed by atoms with Gasteiger partial charge in [-0.2, -0.15) is 0 Å². The third-order valence-electron chi connectivity index (χ3n) is 4.82. The van der Waals surface area contributed by atoms with Crippen molar-refractivity contribution in [3.63, 3.8) is 0 Å². The number of nitrogens with zero attached hydrogens (tertiary/aromatic N) is 1. The maximum Gasteiger partial charge on any atom is 0.221 e. The molecule has 0 aliphatic carbocycles. The van der Waals surface area contributed by atoms with Crippen molar-refractivity contribution in [2.75, 3.05) is 11.9 Å². The summed E-state index contributed by atoms with van der Waals surface area (Å²) >= 11 is 0. The summed E-state index contributed by atoms with van der Waals surface area (Å²) < 4.78 is 0. The fourth-order valence-electron chi connectivity index (χ4n) is 3.28. The summed E-state index contributed by atoms with van der Waals surface area (Å²) in [7, 11) is 0. The van der Waals surface area contributed by atoms with E-state index in [1.54, 1.807) is 0 Å². The number of rotatable bonds is 9. The van der Waals surface area contributed by atoms with Crippen molar-refractivity contribution in [3.05, 3.63) is 107 Å². The van der Waals surface area contributed by atoms with Crippen LogP contribution in [0.5, 0.6) is 0 Å². The molecular weight excluding hydrogens is 370 g/mol. The fraction of sp³-hybridized carbons (Fsp3) is 0.192. The molecule has 0 bridgehead atoms. The molecule has 154 valence electrons. The average molecular weight is 400 g/mol. The molecule has 3 aromatic carbocycles. The van der Waals surface area contributed by atoms with E-state index in [1.165, 1.54) is 23.6 Å². The number of nitrogens with one attached hydrogen (secondary N) is 1. The maximum atomic E-state index is 11.2. The molecule has 1 amide bonds. The number of anilines is 1. The summed E-state index contributed by atoms with van der Waals surface area (Å²) in [6.07, 6.45) is 4.36. The smallest absolute Gasteiger partial charge is 0.221 e. The molecule has 0 saturated heterocycles. The molecule has 4 nitrogen and oxygen atoms in total. The molecule has 0 heterocycles. The molecule has 0 fully saturated rings. The molecule has 30 heavy (non-hydrogen) atoms. The van der Waals surface area contributed by atoms with Gasteiger partial charge in [-0.15, -0.1) is 0 Å². The highest BCUT2D eigenvalue weighted by atomic mass is 16.1. The van der Waals surface area contributed by atoms with Crippen molar-refractivity contribution in [2.24, 2.45) is 5.73 Å². The molecule has 3 rings (SSSR count). The number of benzene rings is 3. The minimum atomic E-state index is -0.0589. The Kier molecular flexibility index (Phi) is 7.95. The van der Waals surface area contributed by atoms with Gasteiger partial charge >= 0.3 is 0 Å². The SMILES string of the molecule is CC(=O)Nc1ccc(CN(CC=Cc2ccccc2)Cc2ccc(CN)cc2)cc1. The molecule has 3 aromatic rings. The molecule has 0 unspecified atom stereocenters. The Labute approximate surface area is 179 Å². The van der Waals surface area contributed by atoms with Gasteiger partial charge in [-0.25, -0.2) is 0 Å². The topological polar surface area (TPSA) is 58.4 Å². The first-order chi connectivity index (χ1) is 14.6. The third kappa shape index (κ3) is 6.99. The van der Waals surface area contributed by atoms with Crippen LogP contribution in [0.2, 0.25) is 0 Å². The Balaban J connectivity index is 1.70. The summed E-state index contributed by atoms with van der Waals surface area (Å²) in [6, 6.07) is 26.8. The molecule has 3 N–H and O–H groups in total. The molecule has 0 saturated carbocycles. The third-order valence-corrected chi connectivity index (χ3v) is 4.82. The zero-order valence-corrected chi connectivity index (χ0v) is 17.4. The molecule has 0 radical (unpaired) electrons. The zero-order chi connectivity index (χ0) is 21.2. The van der Waals surface area contributed by atoms with Gasteiger partial charge in [0.15, 0.2) is 0 Å². The second-order valence-corrected chi connectivity index (χ2v) is 7.38. The number of nitrogens with two attached hydrogens (primary N) is 1. The lowest BCUT2D eigenvalue weighted by molar-refractivity contribution is -0.114. The van der Waals surface area contributed by atoms with E-state index < -0.39 is 0 Å². The average Bonchev–Trinajstić information content (AvgIpc) is 2.76. The van der Waals surface area contributed by atoms with Gasteiger partial charge in [0.25, 0.3) is 0 Å². The van der Waals surface area contributed by atoms with Crippen molar-refractivity contribution in [1.29, 1.82) is 0 Å². The molecular formula is C26H29N3O. The molecule has 0 aliphatic rings. The quantitative estimate of drug-likeness (QED) is 0.542. The first kappa shape index (κ1) is 21.5. The van der Waals surface area contributed by atoms with Crippen molar-refractivity contribution < 1.29 is 4.79 Å². The predicted molar refractivity (Wildman–Crippen MR) is 125 cm³/mol. The minimum absolute atomic E-state index is 0.0589. The first-order valence-corrected chi connectivity index (χ1v) is 10.2. The van der Waals surface area contributed by atoms with Gasteiger partial charge in [-0.3, -0.25) is 9.69 Å². The molecule has 4 heteroatoms. The summed E-state index contributed by atoms with van der Waals surface area (Å²) in [4.78, 5) is 13.6. The number of carbonyl (C=O) groups excluding carboxylic acids is 1. The van der Waals surface area contributed by atoms with Crippen LogP contribution >= 0.6 is 0 Å². The summed E-state index contributed by atoms with van der Waals surface area (Å²) in [5, 5.41) is 2.81. The molecule has 0 aliphatic heterocycles. The minimum Gasteiger partial charge on any atom is -0.326 e. The van der Waals surface area contributed by atoms with Gasteiger partial charge in [0.05, 0.1) is 0 Å². The highest BCUT2D eigenvalue weighted by molar-refractivity contribution is 5.88. The van der Waals surface area contributed by atoms with Crippen LogP contribution in [0.25, 0.3) is 6.08 Å². The van der Waals surface area contributed by atoms with E-state index in [-0.39, 0.29) is 5.91 Å². The van der Waals surface area contributed by atoms with Crippen LogP contribution in [-0.4, -0.2) is 17.4 Å². The fourth-order valence-corrected chi connectivity index (χ4v) is 3.28. The summed E-state index contributed by atoms with van der Waals surface area (Å²) in [5.41, 5.74) is 11.3. The van der Waals surface area contributed by atoms with Gasteiger partial charge in [0, 0.05) is 38.8 Å². The van der Waals surface area contributed by atoms with Crippen LogP contribution in [-0.2, 0) is 24.4 Å². The molecule has 0 atom stereocenters. The van der Waals surface area contributed by atoms with Crippen molar-refractivity contribution in [3.8, 4) is 0 Å². The van der Waals surface area contributed by atoms with Crippen LogP contribution in [0.3, 0.4) is 0 Å². The monoisotopic (exact) mass is 399 g/mol. The maximum absolute atomic E-state index is 11.2. The van der Waals surface area contributed by atoms with Crippen LogP contribution in [0.1, 0.15) is 29.2 Å². The lowest BCUT2D eigenvalue weighted by Gasteiger charge is -2.21. The van der Waals surface area contributed by atoms with Gasteiger partial charge < -0.3 is 11.1 Å². The van der Waals surface area contributed by atoms with Crippen LogP contribution in [0.15, 0.2) is 84.9 Å². The molecule has 0 spiro atoms. The van der Waals surface area contributed by atoms with E-state index in [2.05, 4.69) is 70.9 Å².